The van der Waals surface area contributed by atoms with E-state index in [-0.39, 0.29) is 5.82 Å². The fraction of sp³-hybridized carbons (Fsp3) is 0.538. The smallest absolute Gasteiger partial charge is 0.126 e. The first-order valence-corrected chi connectivity index (χ1v) is 6.68. The van der Waals surface area contributed by atoms with Gasteiger partial charge in [0.1, 0.15) is 5.82 Å². The van der Waals surface area contributed by atoms with E-state index >= 15 is 0 Å². The molecule has 1 aromatic carbocycles. The first-order valence-electron chi connectivity index (χ1n) is 5.88. The number of nitrogens with one attached hydrogen (secondary N) is 1. The average Bonchev–Trinajstić information content (AvgIpc) is 2.28. The minimum atomic E-state index is -0.0929. The lowest BCUT2D eigenvalue weighted by molar-refractivity contribution is 0.585. The molecule has 3 heteroatoms. The maximum absolute atomic E-state index is 13.4. The molecule has 0 heterocycles. The van der Waals surface area contributed by atoms with Crippen molar-refractivity contribution in [3.8, 4) is 0 Å². The van der Waals surface area contributed by atoms with Crippen molar-refractivity contribution in [2.24, 2.45) is 0 Å². The Morgan fingerprint density at radius 1 is 1.25 bits per heavy atom. The highest BCUT2D eigenvalue weighted by Crippen LogP contribution is 2.17. The van der Waals surface area contributed by atoms with E-state index in [1.165, 1.54) is 12.5 Å². The zero-order valence-corrected chi connectivity index (χ0v) is 11.3. The van der Waals surface area contributed by atoms with E-state index in [4.69, 9.17) is 0 Å². The largest absolute Gasteiger partial charge is 0.317 e. The van der Waals surface area contributed by atoms with Gasteiger partial charge in [0.2, 0.25) is 0 Å². The van der Waals surface area contributed by atoms with Gasteiger partial charge >= 0.3 is 0 Å². The maximum atomic E-state index is 13.4. The molecule has 16 heavy (non-hydrogen) atoms. The van der Waals surface area contributed by atoms with Crippen molar-refractivity contribution >= 4 is 15.9 Å². The molecule has 1 N–H and O–H groups in total. The Balaban J connectivity index is 2.23. The number of halogens is 2. The fourth-order valence-electron chi connectivity index (χ4n) is 1.60. The molecule has 0 atom stereocenters. The highest BCUT2D eigenvalue weighted by atomic mass is 79.9. The Hall–Kier alpha value is -0.410. The normalized spacial score (nSPS) is 10.7. The minimum Gasteiger partial charge on any atom is -0.317 e. The summed E-state index contributed by atoms with van der Waals surface area (Å²) in [5.74, 6) is -0.0929. The second-order valence-electron chi connectivity index (χ2n) is 3.94. The summed E-state index contributed by atoms with van der Waals surface area (Å²) in [5.41, 5.74) is 0.810. The van der Waals surface area contributed by atoms with E-state index in [0.29, 0.717) is 0 Å². The lowest BCUT2D eigenvalue weighted by Gasteiger charge is -2.05. The predicted molar refractivity (Wildman–Crippen MR) is 70.2 cm³/mol. The third kappa shape index (κ3) is 5.08. The molecule has 0 radical (unpaired) electrons. The van der Waals surface area contributed by atoms with E-state index in [1.807, 2.05) is 6.07 Å². The van der Waals surface area contributed by atoms with Crippen molar-refractivity contribution in [3.05, 3.63) is 34.1 Å². The Labute approximate surface area is 106 Å². The van der Waals surface area contributed by atoms with Crippen LogP contribution in [0.3, 0.4) is 0 Å². The van der Waals surface area contributed by atoms with Crippen LogP contribution >= 0.6 is 15.9 Å². The van der Waals surface area contributed by atoms with Gasteiger partial charge in [0.15, 0.2) is 0 Å². The molecule has 0 amide bonds. The van der Waals surface area contributed by atoms with E-state index in [2.05, 4.69) is 28.2 Å². The van der Waals surface area contributed by atoms with Crippen LogP contribution in [0.2, 0.25) is 0 Å². The molecule has 0 saturated heterocycles. The summed E-state index contributed by atoms with van der Waals surface area (Å²) in [6, 6.07) is 5.13. The van der Waals surface area contributed by atoms with Crippen molar-refractivity contribution in [2.45, 2.75) is 32.6 Å². The van der Waals surface area contributed by atoms with Gasteiger partial charge in [-0.2, -0.15) is 0 Å². The third-order valence-corrected chi connectivity index (χ3v) is 2.98. The summed E-state index contributed by atoms with van der Waals surface area (Å²) < 4.78 is 14.3. The van der Waals surface area contributed by atoms with Gasteiger partial charge in [-0.1, -0.05) is 22.9 Å². The number of benzene rings is 1. The van der Waals surface area contributed by atoms with Gasteiger partial charge in [-0.3, -0.25) is 0 Å². The van der Waals surface area contributed by atoms with Gasteiger partial charge in [0.05, 0.1) is 0 Å². The molecule has 1 aromatic rings. The van der Waals surface area contributed by atoms with Gasteiger partial charge in [-0.05, 0) is 62.5 Å². The van der Waals surface area contributed by atoms with Gasteiger partial charge in [0.25, 0.3) is 0 Å². The number of hydrogen-bond donors (Lipinski definition) is 1. The zero-order chi connectivity index (χ0) is 11.8. The molecule has 1 rings (SSSR count). The standard InChI is InChI=1S/C13H19BrFN/c1-2-8-16-9-4-3-5-11-10-12(14)6-7-13(11)15/h6-7,10,16H,2-5,8-9H2,1H3. The summed E-state index contributed by atoms with van der Waals surface area (Å²) in [6.45, 7) is 4.26. The van der Waals surface area contributed by atoms with E-state index in [1.54, 1.807) is 6.07 Å². The van der Waals surface area contributed by atoms with E-state index < -0.39 is 0 Å². The summed E-state index contributed by atoms with van der Waals surface area (Å²) in [4.78, 5) is 0. The zero-order valence-electron chi connectivity index (χ0n) is 9.73. The fourth-order valence-corrected chi connectivity index (χ4v) is 2.01. The van der Waals surface area contributed by atoms with Crippen LogP contribution < -0.4 is 5.32 Å². The summed E-state index contributed by atoms with van der Waals surface area (Å²) in [6.07, 6.45) is 4.12. The highest BCUT2D eigenvalue weighted by molar-refractivity contribution is 9.10. The molecule has 0 spiro atoms. The van der Waals surface area contributed by atoms with Crippen molar-refractivity contribution in [1.82, 2.24) is 5.32 Å². The summed E-state index contributed by atoms with van der Waals surface area (Å²) in [5, 5.41) is 3.34. The number of unbranched alkanes of at least 4 members (excludes halogenated alkanes) is 1. The molecule has 0 aromatic heterocycles. The van der Waals surface area contributed by atoms with Crippen molar-refractivity contribution in [3.63, 3.8) is 0 Å². The Bertz CT molecular complexity index is 315. The summed E-state index contributed by atoms with van der Waals surface area (Å²) >= 11 is 3.36. The lowest BCUT2D eigenvalue weighted by Crippen LogP contribution is -2.15. The van der Waals surface area contributed by atoms with E-state index in [0.717, 1.165) is 42.4 Å². The molecule has 0 saturated carbocycles. The van der Waals surface area contributed by atoms with Gasteiger partial charge in [-0.25, -0.2) is 4.39 Å². The molecule has 0 bridgehead atoms. The first kappa shape index (κ1) is 13.7. The monoisotopic (exact) mass is 287 g/mol. The third-order valence-electron chi connectivity index (χ3n) is 2.48. The number of hydrogen-bond acceptors (Lipinski definition) is 1. The molecule has 0 aliphatic heterocycles. The Morgan fingerprint density at radius 2 is 2.06 bits per heavy atom. The summed E-state index contributed by atoms with van der Waals surface area (Å²) in [7, 11) is 0. The second kappa shape index (κ2) is 7.80. The van der Waals surface area contributed by atoms with Gasteiger partial charge in [-0.15, -0.1) is 0 Å². The van der Waals surface area contributed by atoms with Crippen LogP contribution in [0.4, 0.5) is 4.39 Å². The van der Waals surface area contributed by atoms with Crippen molar-refractivity contribution in [2.75, 3.05) is 13.1 Å². The van der Waals surface area contributed by atoms with Crippen molar-refractivity contribution < 1.29 is 4.39 Å². The maximum Gasteiger partial charge on any atom is 0.126 e. The van der Waals surface area contributed by atoms with Crippen LogP contribution in [0.5, 0.6) is 0 Å². The Kier molecular flexibility index (Phi) is 6.65. The minimum absolute atomic E-state index is 0.0929. The van der Waals surface area contributed by atoms with Gasteiger partial charge < -0.3 is 5.32 Å². The van der Waals surface area contributed by atoms with Crippen LogP contribution in [-0.2, 0) is 6.42 Å². The Morgan fingerprint density at radius 3 is 2.81 bits per heavy atom. The number of rotatable bonds is 7. The molecule has 90 valence electrons. The van der Waals surface area contributed by atoms with Crippen LogP contribution in [0, 0.1) is 5.82 Å². The molecule has 0 unspecified atom stereocenters. The van der Waals surface area contributed by atoms with Crippen LogP contribution in [0.1, 0.15) is 31.7 Å². The van der Waals surface area contributed by atoms with Crippen LogP contribution in [-0.4, -0.2) is 13.1 Å². The topological polar surface area (TPSA) is 12.0 Å². The van der Waals surface area contributed by atoms with Crippen LogP contribution in [0.25, 0.3) is 0 Å². The van der Waals surface area contributed by atoms with Gasteiger partial charge in [0, 0.05) is 4.47 Å². The molecular formula is C13H19BrFN. The average molecular weight is 288 g/mol. The predicted octanol–water partition coefficient (Wildman–Crippen LogP) is 3.91. The van der Waals surface area contributed by atoms with E-state index in [9.17, 15) is 4.39 Å². The lowest BCUT2D eigenvalue weighted by atomic mass is 10.1. The highest BCUT2D eigenvalue weighted by Gasteiger charge is 2.02. The first-order chi connectivity index (χ1) is 7.74. The molecular weight excluding hydrogens is 269 g/mol. The number of aryl methyl sites for hydroxylation is 1. The molecule has 1 nitrogen and oxygen atoms in total. The molecule has 0 aliphatic rings. The molecule has 0 fully saturated rings. The quantitative estimate of drug-likeness (QED) is 0.750. The SMILES string of the molecule is CCCNCCCCc1cc(Br)ccc1F. The van der Waals surface area contributed by atoms with Crippen LogP contribution in [0.15, 0.2) is 22.7 Å². The second-order valence-corrected chi connectivity index (χ2v) is 4.86. The van der Waals surface area contributed by atoms with Crippen molar-refractivity contribution in [1.29, 1.82) is 0 Å². The molecule has 0 aliphatic carbocycles.